The van der Waals surface area contributed by atoms with Crippen LogP contribution in [0, 0.1) is 6.92 Å². The third-order valence-corrected chi connectivity index (χ3v) is 6.02. The predicted molar refractivity (Wildman–Crippen MR) is 113 cm³/mol. The second-order valence-corrected chi connectivity index (χ2v) is 8.14. The highest BCUT2D eigenvalue weighted by Gasteiger charge is 2.46. The number of phenolic OH excluding ortho intramolecular Hbond substituents is 1. The van der Waals surface area contributed by atoms with Gasteiger partial charge in [-0.15, -0.1) is 0 Å². The zero-order valence-electron chi connectivity index (χ0n) is 18.3. The van der Waals surface area contributed by atoms with Gasteiger partial charge in [0, 0.05) is 22.8 Å². The summed E-state index contributed by atoms with van der Waals surface area (Å²) in [6.07, 6.45) is -8.08. The maximum Gasteiger partial charge on any atom is 0.229 e. The van der Waals surface area contributed by atoms with Crippen molar-refractivity contribution in [3.63, 3.8) is 0 Å². The number of aromatic hydroxyl groups is 1. The van der Waals surface area contributed by atoms with Crippen LogP contribution in [-0.4, -0.2) is 86.6 Å². The molecule has 1 saturated heterocycles. The Morgan fingerprint density at radius 2 is 1.62 bits per heavy atom. The molecule has 1 aliphatic heterocycles. The number of rotatable bonds is 5. The van der Waals surface area contributed by atoms with Gasteiger partial charge < -0.3 is 44.8 Å². The fraction of sp³-hybridized carbons (Fsp3) is 0.391. The lowest BCUT2D eigenvalue weighted by Gasteiger charge is -2.40. The molecule has 2 aromatic carbocycles. The molecule has 2 aliphatic rings. The van der Waals surface area contributed by atoms with Crippen molar-refractivity contribution < 1.29 is 54.4 Å². The van der Waals surface area contributed by atoms with E-state index in [1.807, 2.05) is 0 Å². The second-order valence-electron chi connectivity index (χ2n) is 8.14. The monoisotopic (exact) mass is 476 g/mol. The molecular weight excluding hydrogens is 452 g/mol. The second kappa shape index (κ2) is 8.95. The summed E-state index contributed by atoms with van der Waals surface area (Å²) in [5, 5.41) is 60.2. The Morgan fingerprint density at radius 1 is 0.912 bits per heavy atom. The number of ketones is 2. The van der Waals surface area contributed by atoms with Crippen LogP contribution in [0.3, 0.4) is 0 Å². The SMILES string of the molecule is COc1cc(O[C@@H]2O[C@H](CO)[C@@H](O)[C@H](O)[C@H]2O)c2c(c1CO)C(=O)c1cc(C)cc(O)c1C2=O. The third kappa shape index (κ3) is 3.63. The Balaban J connectivity index is 1.89. The molecule has 1 aliphatic carbocycles. The Bertz CT molecular complexity index is 1160. The number of hydrogen-bond acceptors (Lipinski definition) is 11. The number of aryl methyl sites for hydroxylation is 1. The first kappa shape index (κ1) is 24.1. The molecule has 0 bridgehead atoms. The van der Waals surface area contributed by atoms with Gasteiger partial charge in [0.1, 0.15) is 41.7 Å². The van der Waals surface area contributed by atoms with Crippen molar-refractivity contribution >= 4 is 11.6 Å². The summed E-state index contributed by atoms with van der Waals surface area (Å²) >= 11 is 0. The maximum absolute atomic E-state index is 13.5. The lowest BCUT2D eigenvalue weighted by atomic mass is 9.80. The molecule has 182 valence electrons. The average Bonchev–Trinajstić information content (AvgIpc) is 2.81. The van der Waals surface area contributed by atoms with Crippen LogP contribution in [0.2, 0.25) is 0 Å². The molecule has 2 aromatic rings. The van der Waals surface area contributed by atoms with Gasteiger partial charge >= 0.3 is 0 Å². The quantitative estimate of drug-likeness (QED) is 0.270. The van der Waals surface area contributed by atoms with Crippen LogP contribution in [0.4, 0.5) is 0 Å². The normalized spacial score (nSPS) is 26.1. The molecule has 0 spiro atoms. The van der Waals surface area contributed by atoms with Crippen LogP contribution in [-0.2, 0) is 11.3 Å². The molecular formula is C23H24O11. The van der Waals surface area contributed by atoms with Crippen molar-refractivity contribution in [3.8, 4) is 17.2 Å². The lowest BCUT2D eigenvalue weighted by Crippen LogP contribution is -2.60. The van der Waals surface area contributed by atoms with Crippen molar-refractivity contribution in [1.29, 1.82) is 0 Å². The molecule has 11 heteroatoms. The van der Waals surface area contributed by atoms with Gasteiger partial charge in [-0.25, -0.2) is 0 Å². The summed E-state index contributed by atoms with van der Waals surface area (Å²) in [4.78, 5) is 26.9. The first-order valence-corrected chi connectivity index (χ1v) is 10.4. The Morgan fingerprint density at radius 3 is 2.24 bits per heavy atom. The van der Waals surface area contributed by atoms with Crippen molar-refractivity contribution in [2.75, 3.05) is 13.7 Å². The molecule has 0 unspecified atom stereocenters. The van der Waals surface area contributed by atoms with Gasteiger partial charge in [0.2, 0.25) is 12.1 Å². The largest absolute Gasteiger partial charge is 0.507 e. The topological polar surface area (TPSA) is 183 Å². The number of aliphatic hydroxyl groups is 5. The standard InChI is InChI=1S/C23H24O11/c1-8-3-9-15(11(26)4-8)20(29)17-13(5-12(32-2)10(6-24)16(17)18(9)27)33-23-22(31)21(30)19(28)14(7-25)34-23/h3-5,14,19,21-26,28,30-31H,6-7H2,1-2H3/t14-,19-,21+,22-,23-/m1/s1. The van der Waals surface area contributed by atoms with Gasteiger partial charge in [-0.1, -0.05) is 0 Å². The summed E-state index contributed by atoms with van der Waals surface area (Å²) in [6, 6.07) is 3.97. The molecule has 5 atom stereocenters. The minimum Gasteiger partial charge on any atom is -0.507 e. The molecule has 1 fully saturated rings. The van der Waals surface area contributed by atoms with E-state index in [-0.39, 0.29) is 39.3 Å². The molecule has 6 N–H and O–H groups in total. The van der Waals surface area contributed by atoms with Gasteiger partial charge in [0.15, 0.2) is 5.78 Å². The summed E-state index contributed by atoms with van der Waals surface area (Å²) in [7, 11) is 1.28. The van der Waals surface area contributed by atoms with Gasteiger partial charge in [-0.05, 0) is 24.6 Å². The molecule has 11 nitrogen and oxygen atoms in total. The van der Waals surface area contributed by atoms with Crippen LogP contribution in [0.5, 0.6) is 17.2 Å². The fourth-order valence-electron chi connectivity index (χ4n) is 4.32. The van der Waals surface area contributed by atoms with Crippen LogP contribution in [0.15, 0.2) is 18.2 Å². The van der Waals surface area contributed by atoms with Gasteiger partial charge in [0.25, 0.3) is 0 Å². The molecule has 34 heavy (non-hydrogen) atoms. The summed E-state index contributed by atoms with van der Waals surface area (Å²) < 4.78 is 16.3. The van der Waals surface area contributed by atoms with Gasteiger partial charge in [-0.2, -0.15) is 0 Å². The number of carbonyl (C=O) groups is 2. The number of aliphatic hydroxyl groups excluding tert-OH is 5. The molecule has 1 heterocycles. The minimum absolute atomic E-state index is 0.00214. The number of ether oxygens (including phenoxy) is 3. The van der Waals surface area contributed by atoms with E-state index in [2.05, 4.69) is 0 Å². The number of carbonyl (C=O) groups excluding carboxylic acids is 2. The minimum atomic E-state index is -1.78. The third-order valence-electron chi connectivity index (χ3n) is 6.02. The van der Waals surface area contributed by atoms with E-state index in [0.717, 1.165) is 0 Å². The van der Waals surface area contributed by atoms with Crippen LogP contribution in [0.25, 0.3) is 0 Å². The maximum atomic E-state index is 13.5. The number of fused-ring (bicyclic) bond motifs is 2. The number of hydrogen-bond donors (Lipinski definition) is 6. The molecule has 0 saturated carbocycles. The highest BCUT2D eigenvalue weighted by Crippen LogP contribution is 2.43. The van der Waals surface area contributed by atoms with E-state index in [4.69, 9.17) is 14.2 Å². The summed E-state index contributed by atoms with van der Waals surface area (Å²) in [5.41, 5.74) is -0.273. The number of methoxy groups -OCH3 is 1. The molecule has 0 radical (unpaired) electrons. The van der Waals surface area contributed by atoms with Crippen molar-refractivity contribution in [3.05, 3.63) is 51.6 Å². The highest BCUT2D eigenvalue weighted by atomic mass is 16.7. The molecule has 0 amide bonds. The zero-order valence-corrected chi connectivity index (χ0v) is 18.3. The highest BCUT2D eigenvalue weighted by molar-refractivity contribution is 6.31. The zero-order chi connectivity index (χ0) is 24.9. The van der Waals surface area contributed by atoms with E-state index >= 15 is 0 Å². The van der Waals surface area contributed by atoms with Gasteiger partial charge in [-0.3, -0.25) is 9.59 Å². The first-order chi connectivity index (χ1) is 16.1. The van der Waals surface area contributed by atoms with Crippen molar-refractivity contribution in [2.45, 2.75) is 44.2 Å². The lowest BCUT2D eigenvalue weighted by molar-refractivity contribution is -0.277. The van der Waals surface area contributed by atoms with Gasteiger partial charge in [0.05, 0.1) is 31.5 Å². The number of benzene rings is 2. The van der Waals surface area contributed by atoms with Crippen LogP contribution >= 0.6 is 0 Å². The summed E-state index contributed by atoms with van der Waals surface area (Å²) in [5.74, 6) is -2.15. The Kier molecular flexibility index (Phi) is 6.34. The van der Waals surface area contributed by atoms with Crippen molar-refractivity contribution in [2.24, 2.45) is 0 Å². The Hall–Kier alpha value is -3.06. The van der Waals surface area contributed by atoms with E-state index in [1.165, 1.54) is 25.3 Å². The molecule has 0 aromatic heterocycles. The van der Waals surface area contributed by atoms with Crippen LogP contribution < -0.4 is 9.47 Å². The first-order valence-electron chi connectivity index (χ1n) is 10.4. The van der Waals surface area contributed by atoms with E-state index in [9.17, 15) is 40.2 Å². The Labute approximate surface area is 193 Å². The van der Waals surface area contributed by atoms with E-state index in [0.29, 0.717) is 5.56 Å². The smallest absolute Gasteiger partial charge is 0.229 e. The van der Waals surface area contributed by atoms with Crippen molar-refractivity contribution in [1.82, 2.24) is 0 Å². The van der Waals surface area contributed by atoms with E-state index in [1.54, 1.807) is 6.92 Å². The fourth-order valence-corrected chi connectivity index (χ4v) is 4.32. The summed E-state index contributed by atoms with van der Waals surface area (Å²) in [6.45, 7) is 0.283. The average molecular weight is 476 g/mol. The predicted octanol–water partition coefficient (Wildman–Crippen LogP) is -0.844. The van der Waals surface area contributed by atoms with E-state index < -0.39 is 61.2 Å². The molecule has 4 rings (SSSR count). The number of phenols is 1. The van der Waals surface area contributed by atoms with Crippen LogP contribution in [0.1, 0.15) is 43.0 Å².